The Hall–Kier alpha value is -4.08. The summed E-state index contributed by atoms with van der Waals surface area (Å²) < 4.78 is 54.5. The molecule has 0 saturated carbocycles. The molecule has 0 aliphatic rings. The number of methoxy groups -OCH3 is 1. The number of halogens is 3. The molecule has 0 aliphatic heterocycles. The first kappa shape index (κ1) is 20.2. The fourth-order valence-electron chi connectivity index (χ4n) is 3.13. The fourth-order valence-corrected chi connectivity index (χ4v) is 3.13. The van der Waals surface area contributed by atoms with E-state index in [2.05, 4.69) is 0 Å². The quantitative estimate of drug-likeness (QED) is 0.179. The van der Waals surface area contributed by atoms with Gasteiger partial charge in [0.25, 0.3) is 0 Å². The Kier molecular flexibility index (Phi) is 4.77. The van der Waals surface area contributed by atoms with E-state index in [4.69, 9.17) is 13.9 Å². The van der Waals surface area contributed by atoms with Gasteiger partial charge in [-0.1, -0.05) is 0 Å². The summed E-state index contributed by atoms with van der Waals surface area (Å²) >= 11 is 0. The maximum atomic E-state index is 12.9. The van der Waals surface area contributed by atoms with Gasteiger partial charge in [-0.2, -0.15) is 13.2 Å². The van der Waals surface area contributed by atoms with Crippen LogP contribution in [-0.2, 0) is 6.18 Å². The molecular formula is C21H12F3NO6. The number of nitro benzene ring substituents is 1. The predicted octanol–water partition coefficient (Wildman–Crippen LogP) is 5.67. The Morgan fingerprint density at radius 2 is 1.65 bits per heavy atom. The topological polar surface area (TPSA) is 91.8 Å². The third kappa shape index (κ3) is 3.75. The Labute approximate surface area is 171 Å². The summed E-state index contributed by atoms with van der Waals surface area (Å²) in [5, 5.41) is 12.7. The summed E-state index contributed by atoms with van der Waals surface area (Å²) in [5.41, 5.74) is -2.49. The van der Waals surface area contributed by atoms with Crippen LogP contribution in [0.2, 0.25) is 0 Å². The minimum absolute atomic E-state index is 0.0476. The van der Waals surface area contributed by atoms with E-state index < -0.39 is 28.0 Å². The molecule has 4 rings (SSSR count). The first-order valence-electron chi connectivity index (χ1n) is 8.75. The van der Waals surface area contributed by atoms with Gasteiger partial charge in [0.05, 0.1) is 23.0 Å². The smallest absolute Gasteiger partial charge is 0.416 e. The van der Waals surface area contributed by atoms with Crippen molar-refractivity contribution in [1.82, 2.24) is 0 Å². The summed E-state index contributed by atoms with van der Waals surface area (Å²) in [6.07, 6.45) is -4.74. The molecule has 0 saturated heterocycles. The zero-order chi connectivity index (χ0) is 22.3. The van der Waals surface area contributed by atoms with Crippen LogP contribution in [0.5, 0.6) is 17.2 Å². The lowest BCUT2D eigenvalue weighted by molar-refractivity contribution is -0.385. The highest BCUT2D eigenvalue weighted by Crippen LogP contribution is 2.38. The fraction of sp³-hybridized carbons (Fsp3) is 0.0952. The molecular weight excluding hydrogens is 419 g/mol. The summed E-state index contributed by atoms with van der Waals surface area (Å²) in [4.78, 5) is 22.6. The van der Waals surface area contributed by atoms with Crippen LogP contribution in [0.1, 0.15) is 5.56 Å². The Morgan fingerprint density at radius 3 is 2.32 bits per heavy atom. The molecule has 0 N–H and O–H groups in total. The molecule has 10 heteroatoms. The molecule has 0 unspecified atom stereocenters. The number of alkyl halides is 3. The maximum Gasteiger partial charge on any atom is 0.416 e. The van der Waals surface area contributed by atoms with Crippen molar-refractivity contribution < 1.29 is 32.0 Å². The standard InChI is InChI=1S/C21H12F3NO6/c1-29-12-3-5-14-15-6-4-13(10-19(15)31-20(26)16(14)9-12)30-18-7-2-11(21(22,23)24)8-17(18)25(27)28/h2-10H,1H3. The highest BCUT2D eigenvalue weighted by Gasteiger charge is 2.33. The second-order valence-corrected chi connectivity index (χ2v) is 6.50. The zero-order valence-electron chi connectivity index (χ0n) is 15.7. The molecule has 0 atom stereocenters. The molecule has 1 aromatic heterocycles. The van der Waals surface area contributed by atoms with E-state index in [0.717, 1.165) is 6.07 Å². The van der Waals surface area contributed by atoms with Crippen LogP contribution in [0.4, 0.5) is 18.9 Å². The second kappa shape index (κ2) is 7.31. The third-order valence-corrected chi connectivity index (χ3v) is 4.60. The Morgan fingerprint density at radius 1 is 0.935 bits per heavy atom. The van der Waals surface area contributed by atoms with Gasteiger partial charge in [-0.15, -0.1) is 0 Å². The van der Waals surface area contributed by atoms with E-state index in [9.17, 15) is 28.1 Å². The molecule has 3 aromatic carbocycles. The molecule has 0 radical (unpaired) electrons. The van der Waals surface area contributed by atoms with Crippen LogP contribution in [0.25, 0.3) is 21.7 Å². The van der Waals surface area contributed by atoms with E-state index in [1.807, 2.05) is 0 Å². The van der Waals surface area contributed by atoms with Crippen LogP contribution in [0, 0.1) is 10.1 Å². The van der Waals surface area contributed by atoms with Gasteiger partial charge in [0.15, 0.2) is 0 Å². The number of nitro groups is 1. The number of rotatable bonds is 4. The summed E-state index contributed by atoms with van der Waals surface area (Å²) in [6, 6.07) is 11.2. The molecule has 0 aliphatic carbocycles. The SMILES string of the molecule is COc1ccc2c(c1)c(=O)oc1cc(Oc3ccc(C(F)(F)F)cc3[N+](=O)[O-])ccc12. The lowest BCUT2D eigenvalue weighted by Gasteiger charge is -2.11. The van der Waals surface area contributed by atoms with Crippen LogP contribution in [0.15, 0.2) is 63.8 Å². The minimum atomic E-state index is -4.74. The van der Waals surface area contributed by atoms with E-state index >= 15 is 0 Å². The summed E-state index contributed by atoms with van der Waals surface area (Å²) in [5.74, 6) is 0.144. The second-order valence-electron chi connectivity index (χ2n) is 6.50. The van der Waals surface area contributed by atoms with Gasteiger partial charge in [-0.3, -0.25) is 10.1 Å². The van der Waals surface area contributed by atoms with Crippen molar-refractivity contribution in [3.05, 3.63) is 80.7 Å². The average molecular weight is 431 g/mol. The van der Waals surface area contributed by atoms with Gasteiger partial charge in [-0.25, -0.2) is 4.79 Å². The first-order valence-corrected chi connectivity index (χ1v) is 8.75. The Balaban J connectivity index is 1.79. The lowest BCUT2D eigenvalue weighted by atomic mass is 10.1. The molecule has 0 amide bonds. The largest absolute Gasteiger partial charge is 0.497 e. The Bertz CT molecular complexity index is 1390. The van der Waals surface area contributed by atoms with Gasteiger partial charge < -0.3 is 13.9 Å². The first-order chi connectivity index (χ1) is 14.7. The van der Waals surface area contributed by atoms with Crippen molar-refractivity contribution in [1.29, 1.82) is 0 Å². The van der Waals surface area contributed by atoms with Crippen LogP contribution < -0.4 is 15.1 Å². The molecule has 31 heavy (non-hydrogen) atoms. The highest BCUT2D eigenvalue weighted by atomic mass is 19.4. The molecule has 0 spiro atoms. The highest BCUT2D eigenvalue weighted by molar-refractivity contribution is 6.04. The van der Waals surface area contributed by atoms with Gasteiger partial charge in [0, 0.05) is 22.9 Å². The van der Waals surface area contributed by atoms with Crippen LogP contribution >= 0.6 is 0 Å². The third-order valence-electron chi connectivity index (χ3n) is 4.60. The predicted molar refractivity (Wildman–Crippen MR) is 105 cm³/mol. The molecule has 158 valence electrons. The van der Waals surface area contributed by atoms with E-state index in [1.54, 1.807) is 18.2 Å². The molecule has 4 aromatic rings. The van der Waals surface area contributed by atoms with Gasteiger partial charge >= 0.3 is 17.5 Å². The van der Waals surface area contributed by atoms with Gasteiger partial charge in [0.1, 0.15) is 17.1 Å². The van der Waals surface area contributed by atoms with Crippen molar-refractivity contribution >= 4 is 27.4 Å². The van der Waals surface area contributed by atoms with Crippen molar-refractivity contribution in [3.8, 4) is 17.2 Å². The lowest BCUT2D eigenvalue weighted by Crippen LogP contribution is -2.06. The molecule has 1 heterocycles. The molecule has 7 nitrogen and oxygen atoms in total. The molecule has 0 bridgehead atoms. The summed E-state index contributed by atoms with van der Waals surface area (Å²) in [6.45, 7) is 0. The van der Waals surface area contributed by atoms with Gasteiger partial charge in [-0.05, 0) is 42.5 Å². The van der Waals surface area contributed by atoms with E-state index in [0.29, 0.717) is 34.0 Å². The number of nitrogens with zero attached hydrogens (tertiary/aromatic N) is 1. The van der Waals surface area contributed by atoms with E-state index in [1.165, 1.54) is 25.3 Å². The average Bonchev–Trinajstić information content (AvgIpc) is 2.72. The van der Waals surface area contributed by atoms with Crippen molar-refractivity contribution in [2.45, 2.75) is 6.18 Å². The normalized spacial score (nSPS) is 11.6. The number of ether oxygens (including phenoxy) is 2. The number of benzene rings is 3. The van der Waals surface area contributed by atoms with E-state index in [-0.39, 0.29) is 17.1 Å². The van der Waals surface area contributed by atoms with Crippen molar-refractivity contribution in [3.63, 3.8) is 0 Å². The number of hydrogen-bond donors (Lipinski definition) is 0. The minimum Gasteiger partial charge on any atom is -0.497 e. The van der Waals surface area contributed by atoms with Gasteiger partial charge in [0.2, 0.25) is 5.75 Å². The zero-order valence-corrected chi connectivity index (χ0v) is 15.7. The number of fused-ring (bicyclic) bond motifs is 3. The van der Waals surface area contributed by atoms with Crippen molar-refractivity contribution in [2.75, 3.05) is 7.11 Å². The van der Waals surface area contributed by atoms with Crippen LogP contribution in [-0.4, -0.2) is 12.0 Å². The summed E-state index contributed by atoms with van der Waals surface area (Å²) in [7, 11) is 1.47. The number of hydrogen-bond acceptors (Lipinski definition) is 6. The maximum absolute atomic E-state index is 12.9. The van der Waals surface area contributed by atoms with Crippen LogP contribution in [0.3, 0.4) is 0 Å². The molecule has 0 fully saturated rings. The monoisotopic (exact) mass is 431 g/mol. The van der Waals surface area contributed by atoms with Crippen molar-refractivity contribution in [2.24, 2.45) is 0 Å².